The maximum atomic E-state index is 12.4. The van der Waals surface area contributed by atoms with Crippen LogP contribution in [0.15, 0.2) is 0 Å². The minimum Gasteiger partial charge on any atom is -0.391 e. The van der Waals surface area contributed by atoms with Crippen molar-refractivity contribution in [3.63, 3.8) is 0 Å². The Hall–Kier alpha value is 0.0238. The molecule has 3 nitrogen and oxygen atoms in total. The monoisotopic (exact) mass is 464 g/mol. The number of Topliss-reactive ketones (excluding diaryl/α,β-unsaturated/α-hetero) is 1. The van der Waals surface area contributed by atoms with Crippen LogP contribution in [-0.2, 0) is 13.6 Å². The molecule has 4 aliphatic rings. The molecule has 4 aliphatic carbocycles. The third-order valence-corrected chi connectivity index (χ3v) is 11.9. The highest BCUT2D eigenvalue weighted by atomic mass is 28.4. The zero-order valence-corrected chi connectivity index (χ0v) is 23.8. The smallest absolute Gasteiger partial charge is 0.187 e. The molecule has 5 heteroatoms. The van der Waals surface area contributed by atoms with Gasteiger partial charge in [-0.1, -0.05) is 20.8 Å². The van der Waals surface area contributed by atoms with Crippen molar-refractivity contribution in [1.29, 1.82) is 0 Å². The van der Waals surface area contributed by atoms with Crippen LogP contribution in [-0.4, -0.2) is 28.2 Å². The predicted octanol–water partition coefficient (Wildman–Crippen LogP) is 7.24. The van der Waals surface area contributed by atoms with Gasteiger partial charge in [0.05, 0.1) is 0 Å². The highest BCUT2D eigenvalue weighted by Crippen LogP contribution is 2.70. The van der Waals surface area contributed by atoms with Gasteiger partial charge in [0, 0.05) is 24.7 Å². The first-order chi connectivity index (χ1) is 14.1. The second-order valence-corrected chi connectivity index (χ2v) is 22.9. The lowest BCUT2D eigenvalue weighted by atomic mass is 9.43. The molecule has 0 saturated heterocycles. The maximum absolute atomic E-state index is 12.4. The number of carbonyl (C=O) groups excluding carboxylic acids is 1. The number of carbonyl (C=O) groups is 1. The van der Waals surface area contributed by atoms with E-state index in [1.54, 1.807) is 0 Å². The van der Waals surface area contributed by atoms with E-state index in [9.17, 15) is 4.79 Å². The van der Waals surface area contributed by atoms with Gasteiger partial charge < -0.3 is 8.85 Å². The van der Waals surface area contributed by atoms with E-state index in [0.29, 0.717) is 29.0 Å². The van der Waals surface area contributed by atoms with E-state index >= 15 is 0 Å². The molecule has 4 fully saturated rings. The Labute approximate surface area is 193 Å². The Balaban J connectivity index is 1.68. The van der Waals surface area contributed by atoms with Crippen LogP contribution in [0, 0.1) is 40.4 Å². The largest absolute Gasteiger partial charge is 0.391 e. The van der Waals surface area contributed by atoms with Crippen molar-refractivity contribution in [3.05, 3.63) is 0 Å². The molecule has 2 unspecified atom stereocenters. The van der Waals surface area contributed by atoms with Crippen LogP contribution in [0.3, 0.4) is 0 Å². The average Bonchev–Trinajstić information content (AvgIpc) is 2.85. The summed E-state index contributed by atoms with van der Waals surface area (Å²) >= 11 is 0. The van der Waals surface area contributed by atoms with E-state index in [4.69, 9.17) is 8.85 Å². The van der Waals surface area contributed by atoms with Gasteiger partial charge in [0.25, 0.3) is 0 Å². The second kappa shape index (κ2) is 7.51. The van der Waals surface area contributed by atoms with Crippen LogP contribution in [0.25, 0.3) is 0 Å². The van der Waals surface area contributed by atoms with Crippen LogP contribution < -0.4 is 0 Å². The van der Waals surface area contributed by atoms with Crippen molar-refractivity contribution in [2.45, 2.75) is 117 Å². The van der Waals surface area contributed by atoms with Crippen LogP contribution in [0.1, 0.15) is 72.1 Å². The molecule has 0 aromatic rings. The van der Waals surface area contributed by atoms with Gasteiger partial charge >= 0.3 is 0 Å². The lowest BCUT2D eigenvalue weighted by Crippen LogP contribution is -2.62. The topological polar surface area (TPSA) is 35.5 Å². The molecule has 178 valence electrons. The fraction of sp³-hybridized carbons (Fsp3) is 0.962. The Morgan fingerprint density at radius 2 is 1.39 bits per heavy atom. The summed E-state index contributed by atoms with van der Waals surface area (Å²) in [6.45, 7) is 21.5. The van der Waals surface area contributed by atoms with Crippen molar-refractivity contribution in [2.75, 3.05) is 0 Å². The van der Waals surface area contributed by atoms with Gasteiger partial charge in [-0.05, 0) is 106 Å². The molecule has 7 atom stereocenters. The zero-order chi connectivity index (χ0) is 23.0. The number of fused-ring (bicyclic) bond motifs is 5. The molecule has 4 saturated carbocycles. The molecule has 0 aromatic heterocycles. The molecule has 0 radical (unpaired) electrons. The van der Waals surface area contributed by atoms with Crippen molar-refractivity contribution in [1.82, 2.24) is 0 Å². The van der Waals surface area contributed by atoms with E-state index in [1.807, 2.05) is 0 Å². The Morgan fingerprint density at radius 1 is 0.806 bits per heavy atom. The molecule has 4 rings (SSSR count). The van der Waals surface area contributed by atoms with Crippen molar-refractivity contribution < 1.29 is 13.6 Å². The summed E-state index contributed by atoms with van der Waals surface area (Å²) in [5.41, 5.74) is 0.453. The Kier molecular flexibility index (Phi) is 5.85. The highest BCUT2D eigenvalue weighted by molar-refractivity contribution is 6.71. The van der Waals surface area contributed by atoms with Crippen LogP contribution in [0.4, 0.5) is 0 Å². The summed E-state index contributed by atoms with van der Waals surface area (Å²) < 4.78 is 14.2. The van der Waals surface area contributed by atoms with Crippen LogP contribution in [0.2, 0.25) is 39.3 Å². The summed E-state index contributed by atoms with van der Waals surface area (Å²) in [5.74, 6) is 3.50. The van der Waals surface area contributed by atoms with Crippen molar-refractivity contribution >= 4 is 22.4 Å². The molecular weight excluding hydrogens is 416 g/mol. The Morgan fingerprint density at radius 3 is 1.97 bits per heavy atom. The second-order valence-electron chi connectivity index (χ2n) is 14.0. The molecule has 0 heterocycles. The first-order valence-corrected chi connectivity index (χ1v) is 19.8. The van der Waals surface area contributed by atoms with Gasteiger partial charge in [-0.15, -0.1) is 0 Å². The van der Waals surface area contributed by atoms with Crippen molar-refractivity contribution in [2.24, 2.45) is 40.4 Å². The third-order valence-electron chi connectivity index (χ3n) is 10.0. The normalized spacial score (nSPS) is 45.1. The highest BCUT2D eigenvalue weighted by Gasteiger charge is 2.68. The predicted molar refractivity (Wildman–Crippen MR) is 133 cm³/mol. The summed E-state index contributed by atoms with van der Waals surface area (Å²) in [6.07, 6.45) is 9.03. The van der Waals surface area contributed by atoms with Gasteiger partial charge in [-0.2, -0.15) is 0 Å². The van der Waals surface area contributed by atoms with E-state index in [2.05, 4.69) is 60.1 Å². The zero-order valence-electron chi connectivity index (χ0n) is 21.8. The summed E-state index contributed by atoms with van der Waals surface area (Å²) in [4.78, 5) is 12.4. The first-order valence-electron chi connectivity index (χ1n) is 13.0. The van der Waals surface area contributed by atoms with E-state index in [0.717, 1.165) is 31.1 Å². The summed E-state index contributed by atoms with van der Waals surface area (Å²) in [7, 11) is -3.53. The van der Waals surface area contributed by atoms with E-state index < -0.39 is 16.6 Å². The maximum Gasteiger partial charge on any atom is 0.187 e. The van der Waals surface area contributed by atoms with E-state index in [-0.39, 0.29) is 11.2 Å². The third kappa shape index (κ3) is 3.87. The molecule has 0 N–H and O–H groups in total. The lowest BCUT2D eigenvalue weighted by Gasteiger charge is -2.63. The number of rotatable bonds is 4. The number of hydrogen-bond donors (Lipinski definition) is 0. The van der Waals surface area contributed by atoms with Gasteiger partial charge in [-0.3, -0.25) is 4.79 Å². The fourth-order valence-electron chi connectivity index (χ4n) is 8.78. The minimum atomic E-state index is -1.76. The average molecular weight is 465 g/mol. The number of ketones is 1. The van der Waals surface area contributed by atoms with Gasteiger partial charge in [-0.25, -0.2) is 0 Å². The standard InChI is InChI=1S/C26H48O3Si2/c1-18-16-20(27)17-19-10-11-21-22-13-15-26(28-30(4,5)6,29-31(7,8)9)24(22,2)14-12-23(21)25(18,19)3/h18-19,21-23H,10-17H2,1-9H3/t18?,19?,21-,22-,23+,24-,25-/m0/s1. The lowest BCUT2D eigenvalue weighted by molar-refractivity contribution is -0.231. The number of hydrogen-bond acceptors (Lipinski definition) is 3. The molecule has 0 amide bonds. The molecule has 0 aliphatic heterocycles. The fourth-order valence-corrected chi connectivity index (χ4v) is 11.6. The molecule has 0 aromatic carbocycles. The molecule has 31 heavy (non-hydrogen) atoms. The van der Waals surface area contributed by atoms with Crippen LogP contribution >= 0.6 is 0 Å². The molecular formula is C26H48O3Si2. The Bertz CT molecular complexity index is 707. The van der Waals surface area contributed by atoms with Gasteiger partial charge in [0.2, 0.25) is 0 Å². The first kappa shape index (κ1) is 24.2. The molecule has 0 bridgehead atoms. The molecule has 0 spiro atoms. The van der Waals surface area contributed by atoms with Gasteiger partial charge in [0.1, 0.15) is 5.78 Å². The van der Waals surface area contributed by atoms with Crippen LogP contribution in [0.5, 0.6) is 0 Å². The van der Waals surface area contributed by atoms with Gasteiger partial charge in [0.15, 0.2) is 22.4 Å². The SMILES string of the molecule is CC1CC(=O)CC2CC[C@@H]3[C@@H](CC[C@@]4(C)[C@H]3CCC4(O[Si](C)(C)C)O[Si](C)(C)C)[C@@]12C. The minimum absolute atomic E-state index is 0.117. The summed E-state index contributed by atoms with van der Waals surface area (Å²) in [5, 5.41) is 0. The summed E-state index contributed by atoms with van der Waals surface area (Å²) in [6, 6.07) is 0. The van der Waals surface area contributed by atoms with Crippen molar-refractivity contribution in [3.8, 4) is 0 Å². The van der Waals surface area contributed by atoms with E-state index in [1.165, 1.54) is 32.1 Å². The quantitative estimate of drug-likeness (QED) is 0.325.